The maximum atomic E-state index is 11.9. The number of halogens is 2. The summed E-state index contributed by atoms with van der Waals surface area (Å²) in [5.41, 5.74) is -0.699. The lowest BCUT2D eigenvalue weighted by Crippen LogP contribution is -2.09. The Labute approximate surface area is 83.1 Å². The molecular weight excluding hydrogens is 210 g/mol. The van der Waals surface area contributed by atoms with E-state index in [0.717, 1.165) is 6.07 Å². The van der Waals surface area contributed by atoms with E-state index in [2.05, 4.69) is 4.74 Å². The molecule has 0 aliphatic carbocycles. The number of aromatic carboxylic acids is 1. The molecule has 0 bridgehead atoms. The molecule has 0 aromatic heterocycles. The molecule has 0 spiro atoms. The largest absolute Gasteiger partial charge is 0.478 e. The summed E-state index contributed by atoms with van der Waals surface area (Å²) in [7, 11) is 0. The van der Waals surface area contributed by atoms with E-state index in [1.807, 2.05) is 0 Å². The molecule has 1 N–H and O–H groups in total. The average molecular weight is 216 g/mol. The van der Waals surface area contributed by atoms with Gasteiger partial charge >= 0.3 is 12.6 Å². The highest BCUT2D eigenvalue weighted by atomic mass is 19.3. The van der Waals surface area contributed by atoms with Gasteiger partial charge in [0.2, 0.25) is 0 Å². The quantitative estimate of drug-likeness (QED) is 0.779. The molecule has 1 rings (SSSR count). The van der Waals surface area contributed by atoms with Gasteiger partial charge in [-0.15, -0.1) is 0 Å². The Morgan fingerprint density at radius 2 is 2.13 bits per heavy atom. The molecular formula is C9H6F2O4. The minimum atomic E-state index is -3.18. The summed E-state index contributed by atoms with van der Waals surface area (Å²) in [4.78, 5) is 21.1. The Morgan fingerprint density at radius 1 is 1.47 bits per heavy atom. The number of rotatable bonds is 4. The number of aldehydes is 1. The van der Waals surface area contributed by atoms with Crippen LogP contribution in [0.5, 0.6) is 5.75 Å². The van der Waals surface area contributed by atoms with E-state index >= 15 is 0 Å². The van der Waals surface area contributed by atoms with Crippen molar-refractivity contribution in [1.29, 1.82) is 0 Å². The monoisotopic (exact) mass is 216 g/mol. The summed E-state index contributed by atoms with van der Waals surface area (Å²) in [6, 6.07) is 3.54. The maximum absolute atomic E-state index is 11.9. The van der Waals surface area contributed by atoms with E-state index in [0.29, 0.717) is 0 Å². The summed E-state index contributed by atoms with van der Waals surface area (Å²) in [6.45, 7) is -3.18. The molecule has 80 valence electrons. The zero-order valence-corrected chi connectivity index (χ0v) is 7.31. The number of carbonyl (C=O) groups excluding carboxylic acids is 1. The van der Waals surface area contributed by atoms with E-state index in [9.17, 15) is 18.4 Å². The van der Waals surface area contributed by atoms with Crippen molar-refractivity contribution in [3.8, 4) is 5.75 Å². The zero-order valence-electron chi connectivity index (χ0n) is 7.31. The third-order valence-electron chi connectivity index (χ3n) is 1.61. The van der Waals surface area contributed by atoms with Crippen molar-refractivity contribution in [2.24, 2.45) is 0 Å². The van der Waals surface area contributed by atoms with Gasteiger partial charge in [0.1, 0.15) is 5.56 Å². The normalized spacial score (nSPS) is 10.1. The van der Waals surface area contributed by atoms with Gasteiger partial charge in [-0.25, -0.2) is 4.79 Å². The predicted molar refractivity (Wildman–Crippen MR) is 45.4 cm³/mol. The van der Waals surface area contributed by atoms with Crippen molar-refractivity contribution in [1.82, 2.24) is 0 Å². The number of carboxylic acids is 1. The highest BCUT2D eigenvalue weighted by Crippen LogP contribution is 2.24. The molecule has 0 amide bonds. The van der Waals surface area contributed by atoms with Gasteiger partial charge in [-0.05, 0) is 12.1 Å². The van der Waals surface area contributed by atoms with Crippen LogP contribution in [0.1, 0.15) is 20.7 Å². The molecule has 0 aliphatic rings. The van der Waals surface area contributed by atoms with E-state index in [-0.39, 0.29) is 11.8 Å². The zero-order chi connectivity index (χ0) is 11.4. The topological polar surface area (TPSA) is 63.6 Å². The second-order valence-corrected chi connectivity index (χ2v) is 2.53. The van der Waals surface area contributed by atoms with Gasteiger partial charge in [0.25, 0.3) is 0 Å². The number of para-hydroxylation sites is 1. The first-order chi connectivity index (χ1) is 7.06. The predicted octanol–water partition coefficient (Wildman–Crippen LogP) is 1.80. The minimum absolute atomic E-state index is 0.227. The van der Waals surface area contributed by atoms with Crippen molar-refractivity contribution in [3.63, 3.8) is 0 Å². The summed E-state index contributed by atoms with van der Waals surface area (Å²) >= 11 is 0. The molecule has 6 heteroatoms. The van der Waals surface area contributed by atoms with Gasteiger partial charge in [-0.2, -0.15) is 8.78 Å². The van der Waals surface area contributed by atoms with Crippen LogP contribution in [0.3, 0.4) is 0 Å². The van der Waals surface area contributed by atoms with Gasteiger partial charge in [-0.1, -0.05) is 6.07 Å². The van der Waals surface area contributed by atoms with E-state index in [1.165, 1.54) is 12.1 Å². The van der Waals surface area contributed by atoms with Crippen LogP contribution < -0.4 is 4.74 Å². The lowest BCUT2D eigenvalue weighted by atomic mass is 10.1. The lowest BCUT2D eigenvalue weighted by molar-refractivity contribution is -0.0505. The molecule has 4 nitrogen and oxygen atoms in total. The van der Waals surface area contributed by atoms with Crippen molar-refractivity contribution >= 4 is 12.3 Å². The Kier molecular flexibility index (Phi) is 3.33. The summed E-state index contributed by atoms with van der Waals surface area (Å²) in [6.07, 6.45) is 0.254. The van der Waals surface area contributed by atoms with Crippen molar-refractivity contribution in [2.75, 3.05) is 0 Å². The second kappa shape index (κ2) is 4.50. The Bertz CT molecular complexity index is 390. The first-order valence-corrected chi connectivity index (χ1v) is 3.82. The molecule has 0 unspecified atom stereocenters. The lowest BCUT2D eigenvalue weighted by Gasteiger charge is -2.09. The Morgan fingerprint density at radius 3 is 2.60 bits per heavy atom. The number of carbonyl (C=O) groups is 2. The van der Waals surface area contributed by atoms with Crippen LogP contribution in [-0.2, 0) is 0 Å². The molecule has 1 aromatic carbocycles. The highest BCUT2D eigenvalue weighted by Gasteiger charge is 2.18. The first kappa shape index (κ1) is 11.1. The Balaban J connectivity index is 3.26. The van der Waals surface area contributed by atoms with E-state index in [4.69, 9.17) is 5.11 Å². The maximum Gasteiger partial charge on any atom is 0.387 e. The third-order valence-corrected chi connectivity index (χ3v) is 1.61. The second-order valence-electron chi connectivity index (χ2n) is 2.53. The van der Waals surface area contributed by atoms with Gasteiger partial charge in [0, 0.05) is 0 Å². The molecule has 0 heterocycles. The molecule has 0 saturated carbocycles. The number of hydrogen-bond donors (Lipinski definition) is 1. The number of ether oxygens (including phenoxy) is 1. The van der Waals surface area contributed by atoms with E-state index < -0.39 is 23.9 Å². The van der Waals surface area contributed by atoms with Gasteiger partial charge in [0.05, 0.1) is 5.56 Å². The number of alkyl halides is 2. The van der Waals surface area contributed by atoms with Crippen molar-refractivity contribution in [2.45, 2.75) is 6.61 Å². The fraction of sp³-hybridized carbons (Fsp3) is 0.111. The van der Waals surface area contributed by atoms with Crippen LogP contribution in [-0.4, -0.2) is 24.0 Å². The highest BCUT2D eigenvalue weighted by molar-refractivity contribution is 5.95. The van der Waals surface area contributed by atoms with Gasteiger partial charge in [-0.3, -0.25) is 4.79 Å². The van der Waals surface area contributed by atoms with Crippen LogP contribution in [0.25, 0.3) is 0 Å². The van der Waals surface area contributed by atoms with E-state index in [1.54, 1.807) is 0 Å². The third kappa shape index (κ3) is 2.49. The van der Waals surface area contributed by atoms with Crippen LogP contribution in [0.15, 0.2) is 18.2 Å². The molecule has 0 atom stereocenters. The SMILES string of the molecule is O=Cc1cccc(C(=O)O)c1OC(F)F. The number of carboxylic acid groups (broad SMARTS) is 1. The summed E-state index contributed by atoms with van der Waals surface area (Å²) in [5, 5.41) is 8.66. The average Bonchev–Trinajstić information content (AvgIpc) is 2.16. The number of hydrogen-bond acceptors (Lipinski definition) is 3. The van der Waals surface area contributed by atoms with Crippen molar-refractivity contribution in [3.05, 3.63) is 29.3 Å². The van der Waals surface area contributed by atoms with Crippen LogP contribution in [0.4, 0.5) is 8.78 Å². The minimum Gasteiger partial charge on any atom is -0.478 e. The van der Waals surface area contributed by atoms with Gasteiger partial charge in [0.15, 0.2) is 12.0 Å². The molecule has 0 aliphatic heterocycles. The smallest absolute Gasteiger partial charge is 0.387 e. The van der Waals surface area contributed by atoms with Crippen LogP contribution in [0, 0.1) is 0 Å². The molecule has 1 aromatic rings. The Hall–Kier alpha value is -1.98. The molecule has 15 heavy (non-hydrogen) atoms. The molecule has 0 saturated heterocycles. The molecule has 0 radical (unpaired) electrons. The molecule has 0 fully saturated rings. The first-order valence-electron chi connectivity index (χ1n) is 3.82. The van der Waals surface area contributed by atoms with Gasteiger partial charge < -0.3 is 9.84 Å². The fourth-order valence-electron chi connectivity index (χ4n) is 1.04. The summed E-state index contributed by atoms with van der Waals surface area (Å²) in [5.74, 6) is -2.05. The van der Waals surface area contributed by atoms with Crippen LogP contribution >= 0.6 is 0 Å². The van der Waals surface area contributed by atoms with Crippen LogP contribution in [0.2, 0.25) is 0 Å². The summed E-state index contributed by atoms with van der Waals surface area (Å²) < 4.78 is 27.9. The van der Waals surface area contributed by atoms with Crippen molar-refractivity contribution < 1.29 is 28.2 Å². The number of benzene rings is 1. The standard InChI is InChI=1S/C9H6F2O4/c10-9(11)15-7-5(4-12)2-1-3-6(7)8(13)14/h1-4,9H,(H,13,14). The fourth-order valence-corrected chi connectivity index (χ4v) is 1.04.